The first-order valence-electron chi connectivity index (χ1n) is 14.1. The quantitative estimate of drug-likeness (QED) is 0.458. The molecule has 0 radical (unpaired) electrons. The van der Waals surface area contributed by atoms with Crippen molar-refractivity contribution >= 4 is 23.4 Å². The Labute approximate surface area is 239 Å². The van der Waals surface area contributed by atoms with E-state index in [2.05, 4.69) is 20.0 Å². The molecule has 7 nitrogen and oxygen atoms in total. The number of piperazine rings is 2. The Balaban J connectivity index is 1.42. The molecule has 1 aromatic carbocycles. The molecule has 1 N–H and O–H groups in total. The number of allylic oxidation sites excluding steroid dienone is 3. The van der Waals surface area contributed by atoms with Gasteiger partial charge in [-0.15, -0.1) is 0 Å². The first-order valence-corrected chi connectivity index (χ1v) is 14.4. The fourth-order valence-corrected chi connectivity index (χ4v) is 6.05. The van der Waals surface area contributed by atoms with Crippen LogP contribution in [0.1, 0.15) is 26.2 Å². The van der Waals surface area contributed by atoms with Crippen molar-refractivity contribution in [3.05, 3.63) is 58.9 Å². The summed E-state index contributed by atoms with van der Waals surface area (Å²) in [6.07, 6.45) is 1.22. The van der Waals surface area contributed by atoms with Crippen LogP contribution in [0.5, 0.6) is 0 Å². The Kier molecular flexibility index (Phi) is 8.75. The average Bonchev–Trinajstić information content (AvgIpc) is 3.43. The summed E-state index contributed by atoms with van der Waals surface area (Å²) in [5.74, 6) is 1.58. The van der Waals surface area contributed by atoms with E-state index in [-0.39, 0.29) is 5.82 Å². The van der Waals surface area contributed by atoms with Gasteiger partial charge in [-0.1, -0.05) is 42.8 Å². The van der Waals surface area contributed by atoms with Crippen LogP contribution in [0.2, 0.25) is 5.02 Å². The summed E-state index contributed by atoms with van der Waals surface area (Å²) in [4.78, 5) is 18.7. The van der Waals surface area contributed by atoms with Crippen LogP contribution < -0.4 is 15.1 Å². The lowest BCUT2D eigenvalue weighted by Crippen LogP contribution is -2.51. The maximum atomic E-state index is 13.9. The number of halogens is 4. The molecule has 0 aliphatic carbocycles. The van der Waals surface area contributed by atoms with Crippen LogP contribution in [0.4, 0.5) is 24.9 Å². The second kappa shape index (κ2) is 12.3. The first-order chi connectivity index (χ1) is 19.3. The number of alkyl halides is 3. The van der Waals surface area contributed by atoms with E-state index < -0.39 is 11.7 Å². The number of anilines is 2. The maximum Gasteiger partial charge on any atom is 0.419 e. The van der Waals surface area contributed by atoms with Gasteiger partial charge in [-0.3, -0.25) is 4.90 Å². The molecule has 0 saturated carbocycles. The van der Waals surface area contributed by atoms with E-state index in [1.807, 2.05) is 37.3 Å². The third-order valence-corrected chi connectivity index (χ3v) is 8.16. The molecule has 1 aromatic heterocycles. The van der Waals surface area contributed by atoms with E-state index in [9.17, 15) is 13.2 Å². The molecule has 5 rings (SSSR count). The average molecular weight is 576 g/mol. The summed E-state index contributed by atoms with van der Waals surface area (Å²) < 4.78 is 41.7. The molecule has 3 saturated heterocycles. The van der Waals surface area contributed by atoms with Crippen molar-refractivity contribution < 1.29 is 13.2 Å². The number of benzene rings is 1. The van der Waals surface area contributed by atoms with Gasteiger partial charge in [-0.05, 0) is 37.9 Å². The highest BCUT2D eigenvalue weighted by Crippen LogP contribution is 2.32. The van der Waals surface area contributed by atoms with Gasteiger partial charge in [0, 0.05) is 75.6 Å². The summed E-state index contributed by atoms with van der Waals surface area (Å²) >= 11 is 6.31. The van der Waals surface area contributed by atoms with E-state index >= 15 is 0 Å². The highest BCUT2D eigenvalue weighted by Gasteiger charge is 2.37. The van der Waals surface area contributed by atoms with Crippen LogP contribution in [0, 0.1) is 0 Å². The molecule has 4 heterocycles. The van der Waals surface area contributed by atoms with Crippen molar-refractivity contribution in [2.45, 2.75) is 38.4 Å². The van der Waals surface area contributed by atoms with Gasteiger partial charge in [0.15, 0.2) is 0 Å². The van der Waals surface area contributed by atoms with Crippen molar-refractivity contribution in [2.24, 2.45) is 0 Å². The number of hydrogen-bond donors (Lipinski definition) is 1. The minimum absolute atomic E-state index is 0.106. The SMILES string of the molecule is CC/C=C\C(=C(/NC)N1CCN(c2cc(-c3cccc(Cl)c3)nc(N3CCN4CCCC4C3)n2)CC1)C(F)(F)F. The molecular weight excluding hydrogens is 539 g/mol. The Morgan fingerprint density at radius 2 is 1.82 bits per heavy atom. The molecule has 216 valence electrons. The lowest BCUT2D eigenvalue weighted by molar-refractivity contribution is -0.0907. The first kappa shape index (κ1) is 28.5. The van der Waals surface area contributed by atoms with Gasteiger partial charge in [0.05, 0.1) is 11.3 Å². The minimum Gasteiger partial charge on any atom is -0.374 e. The normalized spacial score (nSPS) is 21.1. The fourth-order valence-electron chi connectivity index (χ4n) is 5.86. The number of nitrogens with zero attached hydrogens (tertiary/aromatic N) is 6. The van der Waals surface area contributed by atoms with Crippen molar-refractivity contribution in [3.63, 3.8) is 0 Å². The maximum absolute atomic E-state index is 13.9. The van der Waals surface area contributed by atoms with E-state index in [1.54, 1.807) is 18.0 Å². The van der Waals surface area contributed by atoms with Gasteiger partial charge in [-0.2, -0.15) is 18.2 Å². The van der Waals surface area contributed by atoms with Gasteiger partial charge in [0.1, 0.15) is 11.6 Å². The summed E-state index contributed by atoms with van der Waals surface area (Å²) in [6, 6.07) is 10.1. The predicted molar refractivity (Wildman–Crippen MR) is 155 cm³/mol. The predicted octanol–water partition coefficient (Wildman–Crippen LogP) is 5.16. The molecule has 1 atom stereocenters. The van der Waals surface area contributed by atoms with Crippen LogP contribution in [-0.2, 0) is 0 Å². The highest BCUT2D eigenvalue weighted by molar-refractivity contribution is 6.30. The Morgan fingerprint density at radius 3 is 2.52 bits per heavy atom. The van der Waals surface area contributed by atoms with Crippen LogP contribution >= 0.6 is 11.6 Å². The molecular formula is C29H37ClF3N7. The third-order valence-electron chi connectivity index (χ3n) is 7.93. The molecule has 40 heavy (non-hydrogen) atoms. The lowest BCUT2D eigenvalue weighted by Gasteiger charge is -2.40. The number of rotatable bonds is 7. The van der Waals surface area contributed by atoms with Gasteiger partial charge < -0.3 is 20.0 Å². The number of nitrogens with one attached hydrogen (secondary N) is 1. The van der Waals surface area contributed by atoms with Gasteiger partial charge in [0.25, 0.3) is 0 Å². The zero-order chi connectivity index (χ0) is 28.3. The molecule has 3 aliphatic rings. The molecule has 1 unspecified atom stereocenters. The van der Waals surface area contributed by atoms with Crippen LogP contribution in [0.25, 0.3) is 11.3 Å². The molecule has 0 amide bonds. The summed E-state index contributed by atoms with van der Waals surface area (Å²) in [5.41, 5.74) is 1.05. The second-order valence-corrected chi connectivity index (χ2v) is 10.9. The second-order valence-electron chi connectivity index (χ2n) is 10.5. The molecule has 3 fully saturated rings. The third kappa shape index (κ3) is 6.33. The zero-order valence-corrected chi connectivity index (χ0v) is 23.8. The molecule has 0 spiro atoms. The van der Waals surface area contributed by atoms with E-state index in [4.69, 9.17) is 21.6 Å². The fraction of sp³-hybridized carbons (Fsp3) is 0.517. The van der Waals surface area contributed by atoms with Crippen LogP contribution in [-0.4, -0.2) is 91.4 Å². The Bertz CT molecular complexity index is 1240. The number of hydrogen-bond acceptors (Lipinski definition) is 7. The van der Waals surface area contributed by atoms with Crippen molar-refractivity contribution in [2.75, 3.05) is 69.2 Å². The summed E-state index contributed by atoms with van der Waals surface area (Å²) in [6.45, 7) is 7.68. The topological polar surface area (TPSA) is 50.8 Å². The van der Waals surface area contributed by atoms with Crippen molar-refractivity contribution in [1.29, 1.82) is 0 Å². The van der Waals surface area contributed by atoms with E-state index in [0.717, 1.165) is 43.3 Å². The number of aromatic nitrogens is 2. The number of fused-ring (bicyclic) bond motifs is 1. The highest BCUT2D eigenvalue weighted by atomic mass is 35.5. The van der Waals surface area contributed by atoms with E-state index in [0.29, 0.717) is 49.6 Å². The monoisotopic (exact) mass is 575 g/mol. The molecule has 2 aromatic rings. The van der Waals surface area contributed by atoms with Gasteiger partial charge in [0.2, 0.25) is 5.95 Å². The van der Waals surface area contributed by atoms with Crippen molar-refractivity contribution in [3.8, 4) is 11.3 Å². The van der Waals surface area contributed by atoms with Crippen LogP contribution in [0.3, 0.4) is 0 Å². The van der Waals surface area contributed by atoms with Gasteiger partial charge >= 0.3 is 6.18 Å². The molecule has 11 heteroatoms. The zero-order valence-electron chi connectivity index (χ0n) is 23.1. The Hall–Kier alpha value is -2.98. The summed E-state index contributed by atoms with van der Waals surface area (Å²) in [7, 11) is 1.55. The smallest absolute Gasteiger partial charge is 0.374 e. The van der Waals surface area contributed by atoms with E-state index in [1.165, 1.54) is 18.9 Å². The summed E-state index contributed by atoms with van der Waals surface area (Å²) in [5, 5.41) is 3.45. The Morgan fingerprint density at radius 1 is 1.05 bits per heavy atom. The van der Waals surface area contributed by atoms with Gasteiger partial charge in [-0.25, -0.2) is 4.98 Å². The van der Waals surface area contributed by atoms with Crippen molar-refractivity contribution in [1.82, 2.24) is 25.1 Å². The van der Waals surface area contributed by atoms with Crippen LogP contribution in [0.15, 0.2) is 53.9 Å². The standard InChI is InChI=1S/C29H37ClF3N7/c1-3-4-10-24(29(31,32)33)27(34-2)39-15-13-38(14-16-39)26-19-25(21-7-5-8-22(30)18-21)35-28(36-26)40-17-12-37-11-6-9-23(37)20-40/h4-5,7-8,10,18-19,23,34H,3,6,9,11-17,20H2,1-2H3/b10-4-,27-24-. The largest absolute Gasteiger partial charge is 0.419 e. The molecule has 3 aliphatic heterocycles. The minimum atomic E-state index is -4.45. The molecule has 0 bridgehead atoms. The lowest BCUT2D eigenvalue weighted by atomic mass is 10.1.